The maximum absolute atomic E-state index is 9.55. The minimum absolute atomic E-state index is 0. The molecule has 0 aliphatic heterocycles. The van der Waals surface area contributed by atoms with Crippen LogP contribution in [-0.2, 0) is 0 Å². The van der Waals surface area contributed by atoms with E-state index in [1.165, 1.54) is 0 Å². The van der Waals surface area contributed by atoms with Crippen molar-refractivity contribution in [1.29, 1.82) is 0 Å². The molecule has 0 heterocycles. The van der Waals surface area contributed by atoms with E-state index in [9.17, 15) is 5.11 Å². The Bertz CT molecular complexity index is 305. The van der Waals surface area contributed by atoms with Crippen molar-refractivity contribution in [1.82, 2.24) is 0 Å². The van der Waals surface area contributed by atoms with Gasteiger partial charge in [-0.2, -0.15) is 0 Å². The Balaban J connectivity index is 0.00000196. The number of aliphatic hydroxyl groups excluding tert-OH is 1. The smallest absolute Gasteiger partial charge is 0.121 e. The second-order valence-electron chi connectivity index (χ2n) is 3.62. The lowest BCUT2D eigenvalue weighted by Crippen LogP contribution is -2.12. The third kappa shape index (κ3) is 3.38. The Morgan fingerprint density at radius 3 is 2.13 bits per heavy atom. The Hall–Kier alpha value is -0.770. The summed E-state index contributed by atoms with van der Waals surface area (Å²) in [4.78, 5) is 0. The van der Waals surface area contributed by atoms with E-state index in [0.717, 1.165) is 16.7 Å². The van der Waals surface area contributed by atoms with Gasteiger partial charge in [0.15, 0.2) is 0 Å². The van der Waals surface area contributed by atoms with Crippen LogP contribution in [0.3, 0.4) is 0 Å². The van der Waals surface area contributed by atoms with Gasteiger partial charge in [0.1, 0.15) is 5.75 Å². The fraction of sp³-hybridized carbons (Fsp3) is 0.455. The predicted octanol–water partition coefficient (Wildman–Crippen LogP) is 1.81. The first-order valence-corrected chi connectivity index (χ1v) is 4.72. The van der Waals surface area contributed by atoms with E-state index in [4.69, 9.17) is 10.8 Å². The molecule has 0 saturated carbocycles. The standard InChI is InChI=1S/C11H17NO2.ClH/c1-7-5-9(10(12)3-4-13)6-8(2)11(7)14;/h5-6,10,13-14H,3-4,12H2,1-2H3;1H/t10-;/m1./s1. The Kier molecular flexibility index (Phi) is 5.65. The fourth-order valence-corrected chi connectivity index (χ4v) is 1.51. The number of benzene rings is 1. The number of phenols is 1. The second-order valence-corrected chi connectivity index (χ2v) is 3.62. The number of aliphatic hydroxyl groups is 1. The van der Waals surface area contributed by atoms with E-state index in [0.29, 0.717) is 12.2 Å². The lowest BCUT2D eigenvalue weighted by atomic mass is 9.99. The molecular formula is C11H18ClNO2. The minimum atomic E-state index is -0.155. The quantitative estimate of drug-likeness (QED) is 0.744. The zero-order chi connectivity index (χ0) is 10.7. The first-order chi connectivity index (χ1) is 6.56. The molecule has 1 atom stereocenters. The molecule has 0 bridgehead atoms. The summed E-state index contributed by atoms with van der Waals surface area (Å²) in [5.41, 5.74) is 8.47. The number of aryl methyl sites for hydroxylation is 2. The van der Waals surface area contributed by atoms with Gasteiger partial charge in [-0.15, -0.1) is 12.4 Å². The van der Waals surface area contributed by atoms with E-state index >= 15 is 0 Å². The van der Waals surface area contributed by atoms with Crippen molar-refractivity contribution in [3.63, 3.8) is 0 Å². The average Bonchev–Trinajstić information content (AvgIpc) is 2.13. The molecule has 4 N–H and O–H groups in total. The van der Waals surface area contributed by atoms with Crippen molar-refractivity contribution in [2.75, 3.05) is 6.61 Å². The summed E-state index contributed by atoms with van der Waals surface area (Å²) >= 11 is 0. The highest BCUT2D eigenvalue weighted by molar-refractivity contribution is 5.85. The lowest BCUT2D eigenvalue weighted by molar-refractivity contribution is 0.276. The van der Waals surface area contributed by atoms with E-state index in [-0.39, 0.29) is 25.1 Å². The first-order valence-electron chi connectivity index (χ1n) is 4.72. The van der Waals surface area contributed by atoms with Gasteiger partial charge in [-0.05, 0) is 37.0 Å². The molecular weight excluding hydrogens is 214 g/mol. The molecule has 0 aromatic heterocycles. The lowest BCUT2D eigenvalue weighted by Gasteiger charge is -2.13. The van der Waals surface area contributed by atoms with Crippen LogP contribution in [0.25, 0.3) is 0 Å². The van der Waals surface area contributed by atoms with Gasteiger partial charge in [-0.25, -0.2) is 0 Å². The molecule has 0 aliphatic carbocycles. The van der Waals surface area contributed by atoms with Crippen LogP contribution in [0.2, 0.25) is 0 Å². The minimum Gasteiger partial charge on any atom is -0.507 e. The van der Waals surface area contributed by atoms with Gasteiger partial charge >= 0.3 is 0 Å². The topological polar surface area (TPSA) is 66.5 Å². The Labute approximate surface area is 96.3 Å². The van der Waals surface area contributed by atoms with Crippen molar-refractivity contribution in [2.45, 2.75) is 26.3 Å². The van der Waals surface area contributed by atoms with Crippen LogP contribution >= 0.6 is 12.4 Å². The largest absolute Gasteiger partial charge is 0.507 e. The highest BCUT2D eigenvalue weighted by Gasteiger charge is 2.09. The highest BCUT2D eigenvalue weighted by atomic mass is 35.5. The molecule has 0 aliphatic rings. The number of hydrogen-bond donors (Lipinski definition) is 3. The van der Waals surface area contributed by atoms with Crippen LogP contribution < -0.4 is 5.73 Å². The number of hydrogen-bond acceptors (Lipinski definition) is 3. The molecule has 0 spiro atoms. The molecule has 3 nitrogen and oxygen atoms in total. The van der Waals surface area contributed by atoms with Crippen LogP contribution in [0, 0.1) is 13.8 Å². The van der Waals surface area contributed by atoms with Gasteiger partial charge in [0, 0.05) is 12.6 Å². The van der Waals surface area contributed by atoms with Crippen LogP contribution in [-0.4, -0.2) is 16.8 Å². The van der Waals surface area contributed by atoms with Gasteiger partial charge in [-0.1, -0.05) is 12.1 Å². The number of nitrogens with two attached hydrogens (primary N) is 1. The first kappa shape index (κ1) is 14.2. The van der Waals surface area contributed by atoms with Crippen molar-refractivity contribution < 1.29 is 10.2 Å². The van der Waals surface area contributed by atoms with Crippen molar-refractivity contribution >= 4 is 12.4 Å². The summed E-state index contributed by atoms with van der Waals surface area (Å²) in [5, 5.41) is 18.3. The predicted molar refractivity (Wildman–Crippen MR) is 63.5 cm³/mol. The average molecular weight is 232 g/mol. The number of halogens is 1. The van der Waals surface area contributed by atoms with Gasteiger partial charge in [0.2, 0.25) is 0 Å². The normalized spacial score (nSPS) is 12.0. The summed E-state index contributed by atoms with van der Waals surface area (Å²) in [6.45, 7) is 3.77. The molecule has 0 radical (unpaired) electrons. The Morgan fingerprint density at radius 1 is 1.27 bits per heavy atom. The van der Waals surface area contributed by atoms with Gasteiger partial charge in [0.25, 0.3) is 0 Å². The van der Waals surface area contributed by atoms with Crippen LogP contribution in [0.15, 0.2) is 12.1 Å². The Morgan fingerprint density at radius 2 is 1.73 bits per heavy atom. The maximum atomic E-state index is 9.55. The van der Waals surface area contributed by atoms with Gasteiger partial charge in [0.05, 0.1) is 0 Å². The SMILES string of the molecule is Cc1cc([C@H](N)CCO)cc(C)c1O.Cl. The highest BCUT2D eigenvalue weighted by Crippen LogP contribution is 2.26. The van der Waals surface area contributed by atoms with E-state index in [1.54, 1.807) is 0 Å². The summed E-state index contributed by atoms with van der Waals surface area (Å²) in [6.07, 6.45) is 0.545. The maximum Gasteiger partial charge on any atom is 0.121 e. The number of phenolic OH excluding ortho intramolecular Hbond substituents is 1. The number of aromatic hydroxyl groups is 1. The molecule has 0 saturated heterocycles. The molecule has 1 rings (SSSR count). The second kappa shape index (κ2) is 5.95. The molecule has 86 valence electrons. The molecule has 1 aromatic rings. The fourth-order valence-electron chi connectivity index (χ4n) is 1.51. The third-order valence-electron chi connectivity index (χ3n) is 2.38. The van der Waals surface area contributed by atoms with Crippen LogP contribution in [0.5, 0.6) is 5.75 Å². The van der Waals surface area contributed by atoms with Gasteiger partial charge < -0.3 is 15.9 Å². The summed E-state index contributed by atoms with van der Waals surface area (Å²) in [7, 11) is 0. The molecule has 1 aromatic carbocycles. The molecule has 15 heavy (non-hydrogen) atoms. The zero-order valence-electron chi connectivity index (χ0n) is 9.03. The monoisotopic (exact) mass is 231 g/mol. The van der Waals surface area contributed by atoms with E-state index in [1.807, 2.05) is 26.0 Å². The zero-order valence-corrected chi connectivity index (χ0v) is 9.84. The van der Waals surface area contributed by atoms with E-state index < -0.39 is 0 Å². The molecule has 0 unspecified atom stereocenters. The van der Waals surface area contributed by atoms with Crippen LogP contribution in [0.1, 0.15) is 29.2 Å². The number of rotatable bonds is 3. The summed E-state index contributed by atoms with van der Waals surface area (Å²) < 4.78 is 0. The van der Waals surface area contributed by atoms with Crippen molar-refractivity contribution in [2.24, 2.45) is 5.73 Å². The summed E-state index contributed by atoms with van der Waals surface area (Å²) in [5.74, 6) is 0.324. The van der Waals surface area contributed by atoms with Gasteiger partial charge in [-0.3, -0.25) is 0 Å². The molecule has 0 amide bonds. The molecule has 4 heteroatoms. The third-order valence-corrected chi connectivity index (χ3v) is 2.38. The van der Waals surface area contributed by atoms with Crippen LogP contribution in [0.4, 0.5) is 0 Å². The van der Waals surface area contributed by atoms with Crippen molar-refractivity contribution in [3.8, 4) is 5.75 Å². The van der Waals surface area contributed by atoms with E-state index in [2.05, 4.69) is 0 Å². The van der Waals surface area contributed by atoms with Crippen molar-refractivity contribution in [3.05, 3.63) is 28.8 Å². The molecule has 0 fully saturated rings. The summed E-state index contributed by atoms with van der Waals surface area (Å²) in [6, 6.07) is 3.57.